The maximum absolute atomic E-state index is 11.0. The molecule has 0 saturated carbocycles. The quantitative estimate of drug-likeness (QED) is 0.446. The van der Waals surface area contributed by atoms with Crippen molar-refractivity contribution in [2.75, 3.05) is 13.1 Å². The number of benzene rings is 2. The zero-order chi connectivity index (χ0) is 22.1. The SMILES string of the molecule is CC(C)Oc1ccc(-c2cnc(-c3ccc(CN4CC(C(=O)O)C4)c(Cl)c3)s2)cc1Cl. The van der Waals surface area contributed by atoms with Gasteiger partial charge >= 0.3 is 5.97 Å². The zero-order valence-electron chi connectivity index (χ0n) is 17.1. The van der Waals surface area contributed by atoms with E-state index >= 15 is 0 Å². The Morgan fingerprint density at radius 3 is 2.55 bits per heavy atom. The number of aliphatic carboxylic acids is 1. The molecule has 1 fully saturated rings. The summed E-state index contributed by atoms with van der Waals surface area (Å²) in [4.78, 5) is 18.6. The number of thiazole rings is 1. The maximum atomic E-state index is 11.0. The van der Waals surface area contributed by atoms with Crippen molar-refractivity contribution in [1.82, 2.24) is 9.88 Å². The fraction of sp³-hybridized carbons (Fsp3) is 0.304. The van der Waals surface area contributed by atoms with Gasteiger partial charge in [-0.25, -0.2) is 4.98 Å². The minimum Gasteiger partial charge on any atom is -0.489 e. The lowest BCUT2D eigenvalue weighted by molar-refractivity contribution is -0.147. The van der Waals surface area contributed by atoms with Crippen LogP contribution in [0.5, 0.6) is 5.75 Å². The van der Waals surface area contributed by atoms with Crippen LogP contribution in [0.25, 0.3) is 21.0 Å². The van der Waals surface area contributed by atoms with Crippen LogP contribution in [-0.2, 0) is 11.3 Å². The summed E-state index contributed by atoms with van der Waals surface area (Å²) >= 11 is 14.5. The van der Waals surface area contributed by atoms with E-state index in [0.29, 0.717) is 35.4 Å². The van der Waals surface area contributed by atoms with Crippen LogP contribution >= 0.6 is 34.5 Å². The van der Waals surface area contributed by atoms with Gasteiger partial charge in [0, 0.05) is 36.4 Å². The van der Waals surface area contributed by atoms with E-state index in [1.807, 2.05) is 56.4 Å². The van der Waals surface area contributed by atoms with E-state index in [-0.39, 0.29) is 12.0 Å². The number of ether oxygens (including phenoxy) is 1. The Hall–Kier alpha value is -2.12. The van der Waals surface area contributed by atoms with Crippen LogP contribution in [0.4, 0.5) is 0 Å². The van der Waals surface area contributed by atoms with E-state index in [4.69, 9.17) is 33.0 Å². The smallest absolute Gasteiger partial charge is 0.309 e. The molecule has 2 aromatic carbocycles. The summed E-state index contributed by atoms with van der Waals surface area (Å²) in [6, 6.07) is 11.7. The van der Waals surface area contributed by atoms with Crippen LogP contribution in [0.3, 0.4) is 0 Å². The topological polar surface area (TPSA) is 62.7 Å². The molecule has 1 aliphatic heterocycles. The summed E-state index contributed by atoms with van der Waals surface area (Å²) in [5.74, 6) is -0.337. The second-order valence-corrected chi connectivity index (χ2v) is 9.72. The molecule has 3 aromatic rings. The van der Waals surface area contributed by atoms with Crippen molar-refractivity contribution in [1.29, 1.82) is 0 Å². The third-order valence-electron chi connectivity index (χ3n) is 5.09. The third kappa shape index (κ3) is 5.04. The van der Waals surface area contributed by atoms with Crippen molar-refractivity contribution in [2.24, 2.45) is 5.92 Å². The van der Waals surface area contributed by atoms with E-state index in [1.165, 1.54) is 0 Å². The molecule has 5 nitrogen and oxygen atoms in total. The van der Waals surface area contributed by atoms with Gasteiger partial charge in [-0.15, -0.1) is 11.3 Å². The number of carbonyl (C=O) groups is 1. The van der Waals surface area contributed by atoms with Gasteiger partial charge in [-0.3, -0.25) is 9.69 Å². The van der Waals surface area contributed by atoms with Gasteiger partial charge in [0.05, 0.1) is 21.9 Å². The summed E-state index contributed by atoms with van der Waals surface area (Å²) in [6.45, 7) is 5.70. The summed E-state index contributed by atoms with van der Waals surface area (Å²) < 4.78 is 5.70. The lowest BCUT2D eigenvalue weighted by Crippen LogP contribution is -2.49. The molecule has 0 spiro atoms. The standard InChI is InChI=1S/C23H22Cl2N2O3S/c1-13(2)30-20-6-5-14(7-19(20)25)21-9-26-22(31-21)15-3-4-16(18(24)8-15)10-27-11-17(12-27)23(28)29/h3-9,13,17H,10-12H2,1-2H3,(H,28,29). The molecule has 1 aromatic heterocycles. The van der Waals surface area contributed by atoms with Crippen molar-refractivity contribution in [3.8, 4) is 26.8 Å². The number of halogens is 2. The predicted molar refractivity (Wildman–Crippen MR) is 125 cm³/mol. The van der Waals surface area contributed by atoms with Crippen molar-refractivity contribution in [3.63, 3.8) is 0 Å². The molecule has 0 aliphatic carbocycles. The monoisotopic (exact) mass is 476 g/mol. The first kappa shape index (κ1) is 22.1. The van der Waals surface area contributed by atoms with E-state index in [1.54, 1.807) is 11.3 Å². The van der Waals surface area contributed by atoms with Crippen molar-refractivity contribution < 1.29 is 14.6 Å². The fourth-order valence-corrected chi connectivity index (χ4v) is 4.82. The number of likely N-dealkylation sites (tertiary alicyclic amines) is 1. The van der Waals surface area contributed by atoms with Crippen LogP contribution < -0.4 is 4.74 Å². The second-order valence-electron chi connectivity index (χ2n) is 7.88. The molecule has 2 heterocycles. The second kappa shape index (κ2) is 9.17. The summed E-state index contributed by atoms with van der Waals surface area (Å²) in [5.41, 5.74) is 2.92. The van der Waals surface area contributed by atoms with Crippen molar-refractivity contribution in [2.45, 2.75) is 26.5 Å². The minimum absolute atomic E-state index is 0.0609. The first-order valence-corrected chi connectivity index (χ1v) is 11.5. The fourth-order valence-electron chi connectivity index (χ4n) is 3.45. The maximum Gasteiger partial charge on any atom is 0.309 e. The number of hydrogen-bond acceptors (Lipinski definition) is 5. The van der Waals surface area contributed by atoms with Gasteiger partial charge in [0.2, 0.25) is 0 Å². The third-order valence-corrected chi connectivity index (χ3v) is 6.83. The molecule has 0 bridgehead atoms. The molecule has 0 amide bonds. The van der Waals surface area contributed by atoms with Gasteiger partial charge in [-0.1, -0.05) is 35.3 Å². The molecule has 0 atom stereocenters. The molecule has 4 rings (SSSR count). The van der Waals surface area contributed by atoms with E-state index < -0.39 is 5.97 Å². The molecule has 1 aliphatic rings. The Bertz CT molecular complexity index is 1110. The van der Waals surface area contributed by atoms with Crippen LogP contribution in [0.15, 0.2) is 42.6 Å². The Kier molecular flexibility index (Phi) is 6.53. The lowest BCUT2D eigenvalue weighted by atomic mass is 9.99. The first-order valence-electron chi connectivity index (χ1n) is 9.96. The molecule has 31 heavy (non-hydrogen) atoms. The Labute approximate surface area is 195 Å². The van der Waals surface area contributed by atoms with Gasteiger partial charge in [-0.05, 0) is 49.2 Å². The molecule has 1 saturated heterocycles. The highest BCUT2D eigenvalue weighted by Gasteiger charge is 2.32. The van der Waals surface area contributed by atoms with Crippen molar-refractivity contribution in [3.05, 3.63) is 58.2 Å². The van der Waals surface area contributed by atoms with Crippen LogP contribution in [0.1, 0.15) is 19.4 Å². The number of carboxylic acids is 1. The zero-order valence-corrected chi connectivity index (χ0v) is 19.5. The predicted octanol–water partition coefficient (Wildman–Crippen LogP) is 6.09. The van der Waals surface area contributed by atoms with E-state index in [0.717, 1.165) is 26.6 Å². The average molecular weight is 477 g/mol. The van der Waals surface area contributed by atoms with Gasteiger partial charge in [-0.2, -0.15) is 0 Å². The summed E-state index contributed by atoms with van der Waals surface area (Å²) in [6.07, 6.45) is 1.90. The Balaban J connectivity index is 1.47. The number of rotatable bonds is 7. The molecule has 1 N–H and O–H groups in total. The molecule has 0 radical (unpaired) electrons. The van der Waals surface area contributed by atoms with Gasteiger partial charge in [0.15, 0.2) is 0 Å². The molecule has 8 heteroatoms. The van der Waals surface area contributed by atoms with Crippen LogP contribution in [0.2, 0.25) is 10.0 Å². The van der Waals surface area contributed by atoms with Crippen LogP contribution in [-0.4, -0.2) is 40.2 Å². The Morgan fingerprint density at radius 1 is 1.19 bits per heavy atom. The number of nitrogens with zero attached hydrogens (tertiary/aromatic N) is 2. The number of hydrogen-bond donors (Lipinski definition) is 1. The van der Waals surface area contributed by atoms with Crippen LogP contribution in [0, 0.1) is 5.92 Å². The van der Waals surface area contributed by atoms with Gasteiger partial charge < -0.3 is 9.84 Å². The summed E-state index contributed by atoms with van der Waals surface area (Å²) in [5, 5.41) is 11.1. The van der Waals surface area contributed by atoms with Gasteiger partial charge in [0.1, 0.15) is 10.8 Å². The molecular weight excluding hydrogens is 455 g/mol. The Morgan fingerprint density at radius 2 is 1.90 bits per heavy atom. The number of carboxylic acid groups (broad SMARTS) is 1. The highest BCUT2D eigenvalue weighted by Crippen LogP contribution is 2.37. The minimum atomic E-state index is -0.736. The normalized spacial score (nSPS) is 14.6. The summed E-state index contributed by atoms with van der Waals surface area (Å²) in [7, 11) is 0. The van der Waals surface area contributed by atoms with Gasteiger partial charge in [0.25, 0.3) is 0 Å². The molecule has 0 unspecified atom stereocenters. The highest BCUT2D eigenvalue weighted by molar-refractivity contribution is 7.18. The average Bonchev–Trinajstić information content (AvgIpc) is 3.16. The lowest BCUT2D eigenvalue weighted by Gasteiger charge is -2.36. The number of aromatic nitrogens is 1. The highest BCUT2D eigenvalue weighted by atomic mass is 35.5. The van der Waals surface area contributed by atoms with Crippen molar-refractivity contribution >= 4 is 40.5 Å². The molecular formula is C23H22Cl2N2O3S. The molecule has 162 valence electrons. The first-order chi connectivity index (χ1) is 14.8. The van der Waals surface area contributed by atoms with E-state index in [2.05, 4.69) is 9.88 Å². The van der Waals surface area contributed by atoms with E-state index in [9.17, 15) is 4.79 Å². The largest absolute Gasteiger partial charge is 0.489 e.